The van der Waals surface area contributed by atoms with Crippen LogP contribution in [-0.2, 0) is 26.9 Å². The maximum absolute atomic E-state index is 11.9. The van der Waals surface area contributed by atoms with Crippen molar-refractivity contribution in [2.24, 2.45) is 0 Å². The lowest BCUT2D eigenvalue weighted by molar-refractivity contribution is -0.192. The van der Waals surface area contributed by atoms with Crippen molar-refractivity contribution in [1.29, 1.82) is 0 Å². The minimum Gasteiger partial charge on any atom is -0.475 e. The summed E-state index contributed by atoms with van der Waals surface area (Å²) in [4.78, 5) is 16.1. The summed E-state index contributed by atoms with van der Waals surface area (Å²) in [5.74, 6) is -1.68. The van der Waals surface area contributed by atoms with Crippen molar-refractivity contribution in [3.63, 3.8) is 0 Å². The number of fused-ring (bicyclic) bond motifs is 2. The molecule has 182 valence electrons. The Morgan fingerprint density at radius 1 is 1.09 bits per heavy atom. The molecule has 0 atom stereocenters. The molecule has 0 radical (unpaired) electrons. The Morgan fingerprint density at radius 3 is 2.12 bits per heavy atom. The lowest BCUT2D eigenvalue weighted by atomic mass is 9.84. The van der Waals surface area contributed by atoms with Crippen molar-refractivity contribution < 1.29 is 31.5 Å². The molecule has 33 heavy (non-hydrogen) atoms. The number of carboxylic acid groups (broad SMARTS) is 1. The molecular formula is C21H27F3N4O4S. The van der Waals surface area contributed by atoms with E-state index in [0.717, 1.165) is 37.4 Å². The summed E-state index contributed by atoms with van der Waals surface area (Å²) in [7, 11) is -0.992. The summed E-state index contributed by atoms with van der Waals surface area (Å²) < 4.78 is 59.4. The van der Waals surface area contributed by atoms with E-state index in [1.807, 2.05) is 6.20 Å². The van der Waals surface area contributed by atoms with Crippen LogP contribution < -0.4 is 0 Å². The highest BCUT2D eigenvalue weighted by Gasteiger charge is 2.46. The van der Waals surface area contributed by atoms with E-state index in [2.05, 4.69) is 47.7 Å². The first-order valence-electron chi connectivity index (χ1n) is 10.4. The molecule has 1 N–H and O–H groups in total. The van der Waals surface area contributed by atoms with Gasteiger partial charge in [0.1, 0.15) is 5.82 Å². The molecule has 1 aromatic heterocycles. The van der Waals surface area contributed by atoms with E-state index >= 15 is 0 Å². The highest BCUT2D eigenvalue weighted by Crippen LogP contribution is 2.41. The van der Waals surface area contributed by atoms with Gasteiger partial charge in [0.15, 0.2) is 0 Å². The fourth-order valence-electron chi connectivity index (χ4n) is 4.36. The first kappa shape index (κ1) is 25.2. The topological polar surface area (TPSA) is 95.7 Å². The van der Waals surface area contributed by atoms with Gasteiger partial charge in [0, 0.05) is 26.2 Å². The summed E-state index contributed by atoms with van der Waals surface area (Å²) >= 11 is 0. The van der Waals surface area contributed by atoms with E-state index in [1.165, 1.54) is 17.4 Å². The number of piperidine rings is 1. The fraction of sp³-hybridized carbons (Fsp3) is 0.524. The molecule has 1 saturated heterocycles. The van der Waals surface area contributed by atoms with E-state index < -0.39 is 22.2 Å². The number of rotatable bonds is 2. The number of benzene rings is 1. The molecule has 3 heterocycles. The zero-order chi connectivity index (χ0) is 24.6. The second-order valence-corrected chi connectivity index (χ2v) is 10.4. The monoisotopic (exact) mass is 488 g/mol. The van der Waals surface area contributed by atoms with E-state index in [9.17, 15) is 21.6 Å². The third-order valence-electron chi connectivity index (χ3n) is 6.27. The van der Waals surface area contributed by atoms with Crippen molar-refractivity contribution in [1.82, 2.24) is 18.8 Å². The Balaban J connectivity index is 0.000000383. The average Bonchev–Trinajstić information content (AvgIpc) is 3.16. The van der Waals surface area contributed by atoms with Crippen LogP contribution in [0.2, 0.25) is 0 Å². The van der Waals surface area contributed by atoms with Crippen LogP contribution in [0.1, 0.15) is 24.2 Å². The SMILES string of the molecule is Cc1ccc(-c2cnc3n2CCN(C)C32CCN(S(C)(=O)=O)CC2)cc1.O=C(O)C(F)(F)F. The highest BCUT2D eigenvalue weighted by molar-refractivity contribution is 7.88. The fourth-order valence-corrected chi connectivity index (χ4v) is 5.20. The maximum Gasteiger partial charge on any atom is 0.490 e. The second-order valence-electron chi connectivity index (χ2n) is 8.40. The lowest BCUT2D eigenvalue weighted by Crippen LogP contribution is -2.56. The summed E-state index contributed by atoms with van der Waals surface area (Å²) in [5.41, 5.74) is 3.40. The Labute approximate surface area is 190 Å². The molecule has 2 aliphatic heterocycles. The Morgan fingerprint density at radius 2 is 1.64 bits per heavy atom. The number of aryl methyl sites for hydroxylation is 1. The lowest BCUT2D eigenvalue weighted by Gasteiger charge is -2.49. The third-order valence-corrected chi connectivity index (χ3v) is 7.57. The largest absolute Gasteiger partial charge is 0.490 e. The second kappa shape index (κ2) is 9.07. The van der Waals surface area contributed by atoms with Crippen molar-refractivity contribution in [3.05, 3.63) is 41.9 Å². The van der Waals surface area contributed by atoms with Gasteiger partial charge in [0.2, 0.25) is 10.0 Å². The number of hydrogen-bond acceptors (Lipinski definition) is 5. The molecule has 1 spiro atoms. The molecule has 2 aliphatic rings. The number of alkyl halides is 3. The van der Waals surface area contributed by atoms with Crippen molar-refractivity contribution in [3.8, 4) is 11.3 Å². The van der Waals surface area contributed by atoms with Crippen LogP contribution in [0.15, 0.2) is 30.5 Å². The third kappa shape index (κ3) is 5.22. The van der Waals surface area contributed by atoms with Gasteiger partial charge in [-0.15, -0.1) is 0 Å². The van der Waals surface area contributed by atoms with Gasteiger partial charge >= 0.3 is 12.1 Å². The van der Waals surface area contributed by atoms with Crippen LogP contribution >= 0.6 is 0 Å². The number of imidazole rings is 1. The molecule has 1 fully saturated rings. The summed E-state index contributed by atoms with van der Waals surface area (Å²) in [5, 5.41) is 7.12. The standard InChI is InChI=1S/C19H26N4O2S.C2HF3O2/c1-15-4-6-16(7-5-15)17-14-20-18-19(21(2)12-13-23(17)18)8-10-22(11-9-19)26(3,24)25;3-2(4,5)1(6)7/h4-7,14H,8-13H2,1-3H3;(H,6,7). The van der Waals surface area contributed by atoms with Gasteiger partial charge in [-0.05, 0) is 32.4 Å². The Hall–Kier alpha value is -2.44. The number of likely N-dealkylation sites (N-methyl/N-ethyl adjacent to an activating group) is 1. The summed E-state index contributed by atoms with van der Waals surface area (Å²) in [6, 6.07) is 8.56. The van der Waals surface area contributed by atoms with Gasteiger partial charge < -0.3 is 9.67 Å². The molecule has 0 amide bonds. The number of nitrogens with zero attached hydrogens (tertiary/aromatic N) is 4. The van der Waals surface area contributed by atoms with Gasteiger partial charge in [0.25, 0.3) is 0 Å². The molecule has 0 aliphatic carbocycles. The number of halogens is 3. The predicted molar refractivity (Wildman–Crippen MR) is 116 cm³/mol. The van der Waals surface area contributed by atoms with Crippen molar-refractivity contribution in [2.45, 2.75) is 38.0 Å². The first-order chi connectivity index (χ1) is 15.3. The zero-order valence-corrected chi connectivity index (χ0v) is 19.4. The van der Waals surface area contributed by atoms with E-state index in [0.29, 0.717) is 13.1 Å². The molecule has 12 heteroatoms. The molecule has 0 bridgehead atoms. The Bertz CT molecular complexity index is 1110. The van der Waals surface area contributed by atoms with Crippen molar-refractivity contribution >= 4 is 16.0 Å². The number of hydrogen-bond donors (Lipinski definition) is 1. The number of carbonyl (C=O) groups is 1. The number of aromatic nitrogens is 2. The van der Waals surface area contributed by atoms with Crippen LogP contribution in [0.5, 0.6) is 0 Å². The van der Waals surface area contributed by atoms with Gasteiger partial charge in [-0.2, -0.15) is 13.2 Å². The Kier molecular flexibility index (Phi) is 6.92. The van der Waals surface area contributed by atoms with E-state index in [4.69, 9.17) is 14.9 Å². The van der Waals surface area contributed by atoms with Crippen LogP contribution in [0.3, 0.4) is 0 Å². The number of aliphatic carboxylic acids is 1. The van der Waals surface area contributed by atoms with Gasteiger partial charge in [0.05, 0.1) is 23.7 Å². The first-order valence-corrected chi connectivity index (χ1v) is 12.2. The molecule has 2 aromatic rings. The molecule has 8 nitrogen and oxygen atoms in total. The molecule has 1 aromatic carbocycles. The van der Waals surface area contributed by atoms with Crippen LogP contribution in [-0.4, -0.2) is 77.4 Å². The molecule has 0 saturated carbocycles. The minimum absolute atomic E-state index is 0.178. The maximum atomic E-state index is 11.9. The summed E-state index contributed by atoms with van der Waals surface area (Å²) in [6.45, 7) is 5.05. The normalized spacial score (nSPS) is 19.0. The van der Waals surface area contributed by atoms with Crippen LogP contribution in [0, 0.1) is 6.92 Å². The smallest absolute Gasteiger partial charge is 0.475 e. The highest BCUT2D eigenvalue weighted by atomic mass is 32.2. The van der Waals surface area contributed by atoms with Crippen molar-refractivity contribution in [2.75, 3.05) is 32.9 Å². The molecule has 0 unspecified atom stereocenters. The summed E-state index contributed by atoms with van der Waals surface area (Å²) in [6.07, 6.45) is -0.252. The zero-order valence-electron chi connectivity index (χ0n) is 18.6. The quantitative estimate of drug-likeness (QED) is 0.699. The van der Waals surface area contributed by atoms with Gasteiger partial charge in [-0.25, -0.2) is 22.5 Å². The van der Waals surface area contributed by atoms with E-state index in [-0.39, 0.29) is 5.54 Å². The van der Waals surface area contributed by atoms with Gasteiger partial charge in [-0.1, -0.05) is 29.8 Å². The van der Waals surface area contributed by atoms with E-state index in [1.54, 1.807) is 4.31 Å². The minimum atomic E-state index is -5.08. The number of sulfonamides is 1. The van der Waals surface area contributed by atoms with Crippen LogP contribution in [0.25, 0.3) is 11.3 Å². The average molecular weight is 489 g/mol. The molecule has 4 rings (SSSR count). The predicted octanol–water partition coefficient (Wildman–Crippen LogP) is 2.69. The number of carboxylic acids is 1. The van der Waals surface area contributed by atoms with Gasteiger partial charge in [-0.3, -0.25) is 4.90 Å². The van der Waals surface area contributed by atoms with Crippen LogP contribution in [0.4, 0.5) is 13.2 Å². The molecular weight excluding hydrogens is 461 g/mol.